The van der Waals surface area contributed by atoms with Crippen molar-refractivity contribution in [2.24, 2.45) is 0 Å². The third-order valence-electron chi connectivity index (χ3n) is 2.57. The molecular formula is C10H18O3. The van der Waals surface area contributed by atoms with E-state index in [2.05, 4.69) is 0 Å². The molecule has 0 N–H and O–H groups in total. The van der Waals surface area contributed by atoms with Crippen LogP contribution in [0.1, 0.15) is 40.5 Å². The lowest BCUT2D eigenvalue weighted by molar-refractivity contribution is -0.149. The lowest BCUT2D eigenvalue weighted by Crippen LogP contribution is -2.33. The second-order valence-corrected chi connectivity index (χ2v) is 3.91. The molecule has 0 radical (unpaired) electrons. The second-order valence-electron chi connectivity index (χ2n) is 3.91. The smallest absolute Gasteiger partial charge is 0.341 e. The summed E-state index contributed by atoms with van der Waals surface area (Å²) >= 11 is 0. The molecule has 0 spiro atoms. The highest BCUT2D eigenvalue weighted by atomic mass is 16.7. The van der Waals surface area contributed by atoms with Crippen LogP contribution in [-0.2, 0) is 14.3 Å². The van der Waals surface area contributed by atoms with Crippen LogP contribution < -0.4 is 0 Å². The fourth-order valence-electron chi connectivity index (χ4n) is 1.75. The zero-order valence-corrected chi connectivity index (χ0v) is 8.85. The Bertz CT molecular complexity index is 210. The van der Waals surface area contributed by atoms with Crippen molar-refractivity contribution in [3.8, 4) is 0 Å². The topological polar surface area (TPSA) is 38.8 Å². The first-order valence-electron chi connectivity index (χ1n) is 4.87. The highest BCUT2D eigenvalue weighted by Crippen LogP contribution is 2.51. The third-order valence-corrected chi connectivity index (χ3v) is 2.57. The van der Waals surface area contributed by atoms with Crippen molar-refractivity contribution in [2.45, 2.75) is 51.7 Å². The Labute approximate surface area is 79.4 Å². The van der Waals surface area contributed by atoms with E-state index >= 15 is 0 Å². The Kier molecular flexibility index (Phi) is 2.66. The van der Waals surface area contributed by atoms with Crippen molar-refractivity contribution >= 4 is 5.97 Å². The lowest BCUT2D eigenvalue weighted by atomic mass is 9.91. The molecular weight excluding hydrogens is 168 g/mol. The predicted molar refractivity (Wildman–Crippen MR) is 49.4 cm³/mol. The van der Waals surface area contributed by atoms with Crippen molar-refractivity contribution < 1.29 is 14.3 Å². The van der Waals surface area contributed by atoms with E-state index in [0.717, 1.165) is 12.8 Å². The molecule has 1 atom stereocenters. The second kappa shape index (κ2) is 3.29. The van der Waals surface area contributed by atoms with Crippen LogP contribution in [0.15, 0.2) is 0 Å². The molecule has 0 aromatic rings. The van der Waals surface area contributed by atoms with Gasteiger partial charge in [-0.3, -0.25) is 0 Å². The Balaban J connectivity index is 2.66. The summed E-state index contributed by atoms with van der Waals surface area (Å²) in [6.07, 6.45) is 1.68. The van der Waals surface area contributed by atoms with E-state index in [0.29, 0.717) is 6.61 Å². The maximum Gasteiger partial charge on any atom is 0.341 e. The van der Waals surface area contributed by atoms with E-state index < -0.39 is 5.60 Å². The summed E-state index contributed by atoms with van der Waals surface area (Å²) in [6.45, 7) is 8.13. The molecule has 1 aliphatic rings. The van der Waals surface area contributed by atoms with Gasteiger partial charge in [0.2, 0.25) is 0 Å². The molecule has 0 aliphatic carbocycles. The van der Waals surface area contributed by atoms with E-state index in [-0.39, 0.29) is 11.6 Å². The largest absolute Gasteiger partial charge is 0.464 e. The first kappa shape index (κ1) is 10.5. The summed E-state index contributed by atoms with van der Waals surface area (Å²) in [6, 6.07) is 0. The van der Waals surface area contributed by atoms with Crippen molar-refractivity contribution in [1.29, 1.82) is 0 Å². The number of rotatable bonds is 4. The monoisotopic (exact) mass is 186 g/mol. The van der Waals surface area contributed by atoms with E-state index in [9.17, 15) is 4.79 Å². The molecule has 0 amide bonds. The number of esters is 1. The van der Waals surface area contributed by atoms with Crippen molar-refractivity contribution in [3.05, 3.63) is 0 Å². The first-order chi connectivity index (χ1) is 6.00. The van der Waals surface area contributed by atoms with E-state index in [1.807, 2.05) is 27.7 Å². The third kappa shape index (κ3) is 1.57. The van der Waals surface area contributed by atoms with Gasteiger partial charge >= 0.3 is 5.97 Å². The van der Waals surface area contributed by atoms with Crippen LogP contribution in [0.25, 0.3) is 0 Å². The summed E-state index contributed by atoms with van der Waals surface area (Å²) in [4.78, 5) is 11.6. The van der Waals surface area contributed by atoms with Crippen LogP contribution in [-0.4, -0.2) is 23.8 Å². The predicted octanol–water partition coefficient (Wildman–Crippen LogP) is 1.90. The van der Waals surface area contributed by atoms with Crippen LogP contribution >= 0.6 is 0 Å². The molecule has 1 aliphatic heterocycles. The van der Waals surface area contributed by atoms with Gasteiger partial charge in [-0.25, -0.2) is 4.79 Å². The number of ether oxygens (including phenoxy) is 2. The van der Waals surface area contributed by atoms with Gasteiger partial charge in [0.1, 0.15) is 5.60 Å². The average Bonchev–Trinajstić information content (AvgIpc) is 2.56. The Morgan fingerprint density at radius 2 is 1.92 bits per heavy atom. The number of carbonyl (C=O) groups is 1. The lowest BCUT2D eigenvalue weighted by Gasteiger charge is -2.12. The van der Waals surface area contributed by atoms with Crippen molar-refractivity contribution in [3.63, 3.8) is 0 Å². The van der Waals surface area contributed by atoms with Crippen LogP contribution in [0.4, 0.5) is 0 Å². The van der Waals surface area contributed by atoms with Gasteiger partial charge in [-0.2, -0.15) is 0 Å². The molecule has 1 saturated heterocycles. The Morgan fingerprint density at radius 3 is 2.23 bits per heavy atom. The molecule has 0 unspecified atom stereocenters. The Hall–Kier alpha value is -0.570. The zero-order valence-electron chi connectivity index (χ0n) is 8.85. The fourth-order valence-corrected chi connectivity index (χ4v) is 1.75. The number of hydrogen-bond donors (Lipinski definition) is 0. The minimum absolute atomic E-state index is 0.207. The molecule has 3 nitrogen and oxygen atoms in total. The summed E-state index contributed by atoms with van der Waals surface area (Å²) in [5, 5.41) is 0. The maximum atomic E-state index is 11.6. The summed E-state index contributed by atoms with van der Waals surface area (Å²) < 4.78 is 10.5. The molecule has 1 rings (SSSR count). The summed E-state index contributed by atoms with van der Waals surface area (Å²) in [5.41, 5.74) is -0.993. The summed E-state index contributed by atoms with van der Waals surface area (Å²) in [7, 11) is 0. The summed E-state index contributed by atoms with van der Waals surface area (Å²) in [5.74, 6) is -0.207. The van der Waals surface area contributed by atoms with Gasteiger partial charge in [0.15, 0.2) is 5.60 Å². The molecule has 0 aromatic heterocycles. The fraction of sp³-hybridized carbons (Fsp3) is 0.900. The number of epoxide rings is 1. The molecule has 3 heteroatoms. The first-order valence-corrected chi connectivity index (χ1v) is 4.87. The van der Waals surface area contributed by atoms with Crippen molar-refractivity contribution in [2.75, 3.05) is 6.61 Å². The maximum absolute atomic E-state index is 11.6. The van der Waals surface area contributed by atoms with Crippen molar-refractivity contribution in [1.82, 2.24) is 0 Å². The van der Waals surface area contributed by atoms with Crippen LogP contribution in [0.3, 0.4) is 0 Å². The highest BCUT2D eigenvalue weighted by Gasteiger charge is 2.69. The minimum Gasteiger partial charge on any atom is -0.464 e. The number of hydrogen-bond acceptors (Lipinski definition) is 3. The van der Waals surface area contributed by atoms with Gasteiger partial charge in [-0.15, -0.1) is 0 Å². The van der Waals surface area contributed by atoms with Gasteiger partial charge in [0.25, 0.3) is 0 Å². The van der Waals surface area contributed by atoms with E-state index in [4.69, 9.17) is 9.47 Å². The van der Waals surface area contributed by atoms with Gasteiger partial charge in [0, 0.05) is 0 Å². The normalized spacial score (nSPS) is 29.8. The molecule has 1 heterocycles. The van der Waals surface area contributed by atoms with Gasteiger partial charge < -0.3 is 9.47 Å². The average molecular weight is 186 g/mol. The standard InChI is InChI=1S/C10H18O3/c1-5-7-10(8(11)12-6-2)9(3,4)13-10/h5-7H2,1-4H3/t10-/m1/s1. The quantitative estimate of drug-likeness (QED) is 0.497. The molecule has 1 fully saturated rings. The van der Waals surface area contributed by atoms with Crippen LogP contribution in [0.2, 0.25) is 0 Å². The van der Waals surface area contributed by atoms with E-state index in [1.165, 1.54) is 0 Å². The van der Waals surface area contributed by atoms with Gasteiger partial charge in [-0.1, -0.05) is 13.3 Å². The minimum atomic E-state index is -0.655. The van der Waals surface area contributed by atoms with Crippen LogP contribution in [0, 0.1) is 0 Å². The van der Waals surface area contributed by atoms with E-state index in [1.54, 1.807) is 0 Å². The molecule has 0 saturated carbocycles. The van der Waals surface area contributed by atoms with Crippen LogP contribution in [0.5, 0.6) is 0 Å². The highest BCUT2D eigenvalue weighted by molar-refractivity contribution is 5.84. The molecule has 13 heavy (non-hydrogen) atoms. The molecule has 0 bridgehead atoms. The van der Waals surface area contributed by atoms with Gasteiger partial charge in [0.05, 0.1) is 6.61 Å². The zero-order chi connectivity index (χ0) is 10.1. The Morgan fingerprint density at radius 1 is 1.38 bits per heavy atom. The SMILES string of the molecule is CCC[C@]1(C(=O)OCC)OC1(C)C. The molecule has 76 valence electrons. The van der Waals surface area contributed by atoms with Gasteiger partial charge in [-0.05, 0) is 27.2 Å². The molecule has 0 aromatic carbocycles. The number of carbonyl (C=O) groups excluding carboxylic acids is 1.